The van der Waals surface area contributed by atoms with Gasteiger partial charge < -0.3 is 20.3 Å². The van der Waals surface area contributed by atoms with Gasteiger partial charge in [0.05, 0.1) is 12.0 Å². The Morgan fingerprint density at radius 1 is 1.69 bits per heavy atom. The predicted molar refractivity (Wildman–Crippen MR) is 58.9 cm³/mol. The lowest BCUT2D eigenvalue weighted by Gasteiger charge is -2.13. The SMILES string of the molecule is COc1cc2c(cc1C(N)C(=O)O)OCS2. The fourth-order valence-corrected chi connectivity index (χ4v) is 2.26. The molecule has 0 spiro atoms. The van der Waals surface area contributed by atoms with Crippen LogP contribution in [0.4, 0.5) is 0 Å². The smallest absolute Gasteiger partial charge is 0.325 e. The molecule has 1 aliphatic heterocycles. The maximum absolute atomic E-state index is 10.8. The fraction of sp³-hybridized carbons (Fsp3) is 0.300. The Hall–Kier alpha value is -1.40. The van der Waals surface area contributed by atoms with E-state index < -0.39 is 12.0 Å². The number of carbonyl (C=O) groups is 1. The Kier molecular flexibility index (Phi) is 2.93. The number of carboxylic acids is 1. The molecule has 0 saturated heterocycles. The van der Waals surface area contributed by atoms with Crippen LogP contribution in [0, 0.1) is 0 Å². The summed E-state index contributed by atoms with van der Waals surface area (Å²) in [4.78, 5) is 11.8. The van der Waals surface area contributed by atoms with Crippen molar-refractivity contribution in [2.75, 3.05) is 13.0 Å². The molecule has 0 aromatic heterocycles. The summed E-state index contributed by atoms with van der Waals surface area (Å²) in [5, 5.41) is 8.88. The van der Waals surface area contributed by atoms with E-state index in [9.17, 15) is 4.79 Å². The zero-order valence-electron chi connectivity index (χ0n) is 8.60. The third-order valence-corrected chi connectivity index (χ3v) is 3.19. The Morgan fingerprint density at radius 2 is 2.44 bits per heavy atom. The van der Waals surface area contributed by atoms with Crippen molar-refractivity contribution in [3.05, 3.63) is 17.7 Å². The second kappa shape index (κ2) is 4.23. The van der Waals surface area contributed by atoms with E-state index in [1.54, 1.807) is 12.1 Å². The first-order valence-electron chi connectivity index (χ1n) is 4.59. The molecule has 0 fully saturated rings. The quantitative estimate of drug-likeness (QED) is 0.828. The Balaban J connectivity index is 2.47. The van der Waals surface area contributed by atoms with Crippen molar-refractivity contribution in [3.8, 4) is 11.5 Å². The molecular weight excluding hydrogens is 230 g/mol. The summed E-state index contributed by atoms with van der Waals surface area (Å²) < 4.78 is 10.5. The van der Waals surface area contributed by atoms with Gasteiger partial charge in [-0.05, 0) is 12.1 Å². The van der Waals surface area contributed by atoms with Crippen LogP contribution in [0.15, 0.2) is 17.0 Å². The van der Waals surface area contributed by atoms with Crippen molar-refractivity contribution in [2.24, 2.45) is 5.73 Å². The van der Waals surface area contributed by atoms with E-state index in [1.807, 2.05) is 0 Å². The average Bonchev–Trinajstić information content (AvgIpc) is 2.72. The van der Waals surface area contributed by atoms with Gasteiger partial charge in [-0.3, -0.25) is 4.79 Å². The Bertz CT molecular complexity index is 435. The van der Waals surface area contributed by atoms with Gasteiger partial charge in [0.25, 0.3) is 0 Å². The van der Waals surface area contributed by atoms with Crippen LogP contribution in [0.1, 0.15) is 11.6 Å². The number of thioether (sulfide) groups is 1. The van der Waals surface area contributed by atoms with Crippen LogP contribution < -0.4 is 15.2 Å². The Labute approximate surface area is 96.5 Å². The molecule has 1 aromatic carbocycles. The highest BCUT2D eigenvalue weighted by Crippen LogP contribution is 2.41. The van der Waals surface area contributed by atoms with Gasteiger partial charge in [0.2, 0.25) is 0 Å². The Morgan fingerprint density at radius 3 is 3.06 bits per heavy atom. The van der Waals surface area contributed by atoms with Crippen molar-refractivity contribution in [1.29, 1.82) is 0 Å². The lowest BCUT2D eigenvalue weighted by molar-refractivity contribution is -0.138. The lowest BCUT2D eigenvalue weighted by Crippen LogP contribution is -2.21. The standard InChI is InChI=1S/C10H11NO4S/c1-14-6-3-8-7(15-4-16-8)2-5(6)9(11)10(12)13/h2-3,9H,4,11H2,1H3,(H,12,13). The number of benzene rings is 1. The van der Waals surface area contributed by atoms with E-state index >= 15 is 0 Å². The summed E-state index contributed by atoms with van der Waals surface area (Å²) in [6, 6.07) is 2.28. The van der Waals surface area contributed by atoms with E-state index in [2.05, 4.69) is 0 Å². The molecule has 1 aromatic rings. The first kappa shape index (κ1) is 11.1. The monoisotopic (exact) mass is 241 g/mol. The second-order valence-electron chi connectivity index (χ2n) is 3.26. The van der Waals surface area contributed by atoms with Gasteiger partial charge in [-0.25, -0.2) is 0 Å². The molecule has 2 rings (SSSR count). The molecular formula is C10H11NO4S. The molecule has 1 aliphatic rings. The third kappa shape index (κ3) is 1.81. The molecule has 1 unspecified atom stereocenters. The molecule has 0 saturated carbocycles. The maximum Gasteiger partial charge on any atom is 0.325 e. The van der Waals surface area contributed by atoms with Gasteiger partial charge in [0, 0.05) is 5.56 Å². The van der Waals surface area contributed by atoms with E-state index in [0.29, 0.717) is 23.0 Å². The molecule has 1 heterocycles. The van der Waals surface area contributed by atoms with E-state index in [1.165, 1.54) is 18.9 Å². The summed E-state index contributed by atoms with van der Waals surface area (Å²) >= 11 is 1.54. The minimum atomic E-state index is -1.10. The number of hydrogen-bond donors (Lipinski definition) is 2. The zero-order chi connectivity index (χ0) is 11.7. The summed E-state index contributed by atoms with van der Waals surface area (Å²) in [6.45, 7) is 0. The first-order chi connectivity index (χ1) is 7.63. The minimum absolute atomic E-state index is 0.427. The molecule has 0 radical (unpaired) electrons. The number of methoxy groups -OCH3 is 1. The van der Waals surface area contributed by atoms with Crippen LogP contribution >= 0.6 is 11.8 Å². The van der Waals surface area contributed by atoms with Gasteiger partial charge in [0.1, 0.15) is 23.5 Å². The normalized spacial score (nSPS) is 15.1. The molecule has 86 valence electrons. The van der Waals surface area contributed by atoms with Crippen LogP contribution in [0.2, 0.25) is 0 Å². The average molecular weight is 241 g/mol. The number of hydrogen-bond acceptors (Lipinski definition) is 5. The third-order valence-electron chi connectivity index (χ3n) is 2.33. The predicted octanol–water partition coefficient (Wildman–Crippen LogP) is 1.22. The topological polar surface area (TPSA) is 81.8 Å². The molecule has 16 heavy (non-hydrogen) atoms. The van der Waals surface area contributed by atoms with Crippen molar-refractivity contribution >= 4 is 17.7 Å². The molecule has 1 atom stereocenters. The molecule has 6 heteroatoms. The van der Waals surface area contributed by atoms with Crippen molar-refractivity contribution in [3.63, 3.8) is 0 Å². The van der Waals surface area contributed by atoms with Crippen LogP contribution in [0.3, 0.4) is 0 Å². The van der Waals surface area contributed by atoms with Crippen LogP contribution in [-0.4, -0.2) is 24.1 Å². The van der Waals surface area contributed by atoms with E-state index in [4.69, 9.17) is 20.3 Å². The van der Waals surface area contributed by atoms with Crippen LogP contribution in [0.25, 0.3) is 0 Å². The molecule has 3 N–H and O–H groups in total. The number of ether oxygens (including phenoxy) is 2. The largest absolute Gasteiger partial charge is 0.496 e. The summed E-state index contributed by atoms with van der Waals surface area (Å²) in [7, 11) is 1.49. The number of fused-ring (bicyclic) bond motifs is 1. The lowest BCUT2D eigenvalue weighted by atomic mass is 10.1. The van der Waals surface area contributed by atoms with Gasteiger partial charge in [-0.15, -0.1) is 0 Å². The highest BCUT2D eigenvalue weighted by molar-refractivity contribution is 7.99. The fourth-order valence-electron chi connectivity index (χ4n) is 1.49. The first-order valence-corrected chi connectivity index (χ1v) is 5.58. The molecule has 0 aliphatic carbocycles. The number of aliphatic carboxylic acids is 1. The van der Waals surface area contributed by atoms with Gasteiger partial charge >= 0.3 is 5.97 Å². The highest BCUT2D eigenvalue weighted by Gasteiger charge is 2.23. The second-order valence-corrected chi connectivity index (χ2v) is 4.23. The molecule has 5 nitrogen and oxygen atoms in total. The summed E-state index contributed by atoms with van der Waals surface area (Å²) in [6.07, 6.45) is 0. The number of nitrogens with two attached hydrogens (primary N) is 1. The van der Waals surface area contributed by atoms with Crippen LogP contribution in [0.5, 0.6) is 11.5 Å². The van der Waals surface area contributed by atoms with Crippen molar-refractivity contribution < 1.29 is 19.4 Å². The van der Waals surface area contributed by atoms with Gasteiger partial charge in [-0.2, -0.15) is 0 Å². The number of carboxylic acid groups (broad SMARTS) is 1. The maximum atomic E-state index is 10.8. The summed E-state index contributed by atoms with van der Waals surface area (Å²) in [5.74, 6) is 0.581. The van der Waals surface area contributed by atoms with Gasteiger partial charge in [-0.1, -0.05) is 11.8 Å². The molecule has 0 bridgehead atoms. The van der Waals surface area contributed by atoms with Crippen molar-refractivity contribution in [2.45, 2.75) is 10.9 Å². The van der Waals surface area contributed by atoms with E-state index in [-0.39, 0.29) is 0 Å². The highest BCUT2D eigenvalue weighted by atomic mass is 32.2. The zero-order valence-corrected chi connectivity index (χ0v) is 9.41. The molecule has 0 amide bonds. The van der Waals surface area contributed by atoms with E-state index in [0.717, 1.165) is 4.90 Å². The number of rotatable bonds is 3. The summed E-state index contributed by atoms with van der Waals surface area (Å²) in [5.41, 5.74) is 5.99. The van der Waals surface area contributed by atoms with Crippen molar-refractivity contribution in [1.82, 2.24) is 0 Å². The minimum Gasteiger partial charge on any atom is -0.496 e. The van der Waals surface area contributed by atoms with Crippen LogP contribution in [-0.2, 0) is 4.79 Å². The van der Waals surface area contributed by atoms with Gasteiger partial charge in [0.15, 0.2) is 0 Å².